The summed E-state index contributed by atoms with van der Waals surface area (Å²) >= 11 is 0. The SMILES string of the molecule is CCOC(=O)CC[C@H](NC(=O)N[C@@H](C)C(=O)O)C(=O)OCC. The monoisotopic (exact) mass is 318 g/mol. The highest BCUT2D eigenvalue weighted by Crippen LogP contribution is 2.02. The van der Waals surface area contributed by atoms with Crippen LogP contribution in [0.4, 0.5) is 4.79 Å². The molecule has 0 rings (SSSR count). The Kier molecular flexibility index (Phi) is 9.31. The number of aliphatic carboxylic acids is 1. The van der Waals surface area contributed by atoms with Gasteiger partial charge in [-0.3, -0.25) is 9.59 Å². The first-order valence-electron chi connectivity index (χ1n) is 6.93. The van der Waals surface area contributed by atoms with Crippen LogP contribution >= 0.6 is 0 Å². The van der Waals surface area contributed by atoms with Crippen molar-refractivity contribution in [1.29, 1.82) is 0 Å². The van der Waals surface area contributed by atoms with E-state index in [4.69, 9.17) is 14.6 Å². The summed E-state index contributed by atoms with van der Waals surface area (Å²) in [4.78, 5) is 45.3. The van der Waals surface area contributed by atoms with Gasteiger partial charge in [0.05, 0.1) is 13.2 Å². The number of carboxylic acids is 1. The number of ether oxygens (including phenoxy) is 2. The van der Waals surface area contributed by atoms with E-state index in [1.807, 2.05) is 0 Å². The Labute approximate surface area is 128 Å². The third kappa shape index (κ3) is 8.08. The number of rotatable bonds is 9. The molecule has 0 heterocycles. The van der Waals surface area contributed by atoms with Crippen molar-refractivity contribution >= 4 is 23.9 Å². The van der Waals surface area contributed by atoms with Crippen LogP contribution in [0.2, 0.25) is 0 Å². The standard InChI is InChI=1S/C13H22N2O7/c1-4-21-10(16)7-6-9(12(19)22-5-2)15-13(20)14-8(3)11(17)18/h8-9H,4-7H2,1-3H3,(H,17,18)(H2,14,15,20)/t8-,9-/m0/s1. The molecule has 9 nitrogen and oxygen atoms in total. The molecule has 0 aliphatic rings. The van der Waals surface area contributed by atoms with Crippen molar-refractivity contribution in [3.05, 3.63) is 0 Å². The Bertz CT molecular complexity index is 411. The number of carbonyl (C=O) groups is 4. The molecule has 22 heavy (non-hydrogen) atoms. The highest BCUT2D eigenvalue weighted by molar-refractivity contribution is 5.86. The average molecular weight is 318 g/mol. The van der Waals surface area contributed by atoms with Gasteiger partial charge < -0.3 is 25.2 Å². The zero-order valence-electron chi connectivity index (χ0n) is 12.9. The van der Waals surface area contributed by atoms with Gasteiger partial charge >= 0.3 is 23.9 Å². The van der Waals surface area contributed by atoms with Gasteiger partial charge in [-0.2, -0.15) is 0 Å². The third-order valence-corrected chi connectivity index (χ3v) is 2.54. The molecule has 0 unspecified atom stereocenters. The number of amides is 2. The van der Waals surface area contributed by atoms with Gasteiger partial charge in [0, 0.05) is 6.42 Å². The summed E-state index contributed by atoms with van der Waals surface area (Å²) in [6.07, 6.45) is -0.0847. The van der Waals surface area contributed by atoms with Crippen LogP contribution in [-0.2, 0) is 23.9 Å². The van der Waals surface area contributed by atoms with Gasteiger partial charge in [-0.15, -0.1) is 0 Å². The second-order valence-corrected chi connectivity index (χ2v) is 4.33. The minimum Gasteiger partial charge on any atom is -0.480 e. The Morgan fingerprint density at radius 2 is 1.64 bits per heavy atom. The second-order valence-electron chi connectivity index (χ2n) is 4.33. The van der Waals surface area contributed by atoms with Crippen molar-refractivity contribution < 1.29 is 33.8 Å². The van der Waals surface area contributed by atoms with E-state index < -0.39 is 36.0 Å². The van der Waals surface area contributed by atoms with E-state index in [9.17, 15) is 19.2 Å². The minimum absolute atomic E-state index is 0.00740. The van der Waals surface area contributed by atoms with Crippen molar-refractivity contribution in [1.82, 2.24) is 10.6 Å². The van der Waals surface area contributed by atoms with Crippen LogP contribution in [0.15, 0.2) is 0 Å². The smallest absolute Gasteiger partial charge is 0.328 e. The number of urea groups is 1. The molecule has 0 bridgehead atoms. The molecule has 0 saturated carbocycles. The first-order valence-corrected chi connectivity index (χ1v) is 6.93. The molecule has 0 aromatic heterocycles. The quantitative estimate of drug-likeness (QED) is 0.511. The summed E-state index contributed by atoms with van der Waals surface area (Å²) < 4.78 is 9.54. The summed E-state index contributed by atoms with van der Waals surface area (Å²) in [5.41, 5.74) is 0. The Morgan fingerprint density at radius 1 is 1.05 bits per heavy atom. The van der Waals surface area contributed by atoms with Crippen molar-refractivity contribution in [2.45, 2.75) is 45.7 Å². The van der Waals surface area contributed by atoms with Gasteiger partial charge in [0.25, 0.3) is 0 Å². The van der Waals surface area contributed by atoms with Gasteiger partial charge in [0.1, 0.15) is 12.1 Å². The molecule has 0 aliphatic heterocycles. The number of hydrogen-bond acceptors (Lipinski definition) is 6. The fraction of sp³-hybridized carbons (Fsp3) is 0.692. The molecule has 0 radical (unpaired) electrons. The van der Waals surface area contributed by atoms with E-state index in [-0.39, 0.29) is 26.1 Å². The topological polar surface area (TPSA) is 131 Å². The molecule has 0 fully saturated rings. The maximum atomic E-state index is 11.7. The number of esters is 2. The zero-order valence-corrected chi connectivity index (χ0v) is 12.9. The van der Waals surface area contributed by atoms with Crippen LogP contribution in [0.1, 0.15) is 33.6 Å². The molecule has 9 heteroatoms. The molecule has 0 aromatic carbocycles. The molecule has 0 aromatic rings. The lowest BCUT2D eigenvalue weighted by Gasteiger charge is -2.18. The van der Waals surface area contributed by atoms with Crippen LogP contribution in [0.3, 0.4) is 0 Å². The molecule has 2 atom stereocenters. The molecule has 0 spiro atoms. The second kappa shape index (κ2) is 10.4. The van der Waals surface area contributed by atoms with Crippen LogP contribution in [0.25, 0.3) is 0 Å². The number of carboxylic acid groups (broad SMARTS) is 1. The summed E-state index contributed by atoms with van der Waals surface area (Å²) in [7, 11) is 0. The fourth-order valence-corrected chi connectivity index (χ4v) is 1.45. The first-order chi connectivity index (χ1) is 10.3. The predicted molar refractivity (Wildman–Crippen MR) is 75.1 cm³/mol. The zero-order chi connectivity index (χ0) is 17.1. The van der Waals surface area contributed by atoms with E-state index >= 15 is 0 Å². The van der Waals surface area contributed by atoms with Crippen LogP contribution in [-0.4, -0.2) is 54.3 Å². The van der Waals surface area contributed by atoms with E-state index in [1.165, 1.54) is 6.92 Å². The minimum atomic E-state index is -1.21. The molecule has 3 N–H and O–H groups in total. The van der Waals surface area contributed by atoms with Crippen LogP contribution < -0.4 is 10.6 Å². The van der Waals surface area contributed by atoms with Gasteiger partial charge in [-0.25, -0.2) is 9.59 Å². The normalized spacial score (nSPS) is 12.7. The van der Waals surface area contributed by atoms with E-state index in [0.29, 0.717) is 0 Å². The summed E-state index contributed by atoms with van der Waals surface area (Å²) in [5, 5.41) is 13.1. The van der Waals surface area contributed by atoms with Crippen LogP contribution in [0, 0.1) is 0 Å². The molecule has 2 amide bonds. The largest absolute Gasteiger partial charge is 0.480 e. The summed E-state index contributed by atoms with van der Waals surface area (Å²) in [6, 6.07) is -3.02. The van der Waals surface area contributed by atoms with Gasteiger partial charge in [0.2, 0.25) is 0 Å². The molecular formula is C13H22N2O7. The Balaban J connectivity index is 4.58. The molecule has 126 valence electrons. The van der Waals surface area contributed by atoms with Crippen molar-refractivity contribution in [2.75, 3.05) is 13.2 Å². The maximum absolute atomic E-state index is 11.7. The fourth-order valence-electron chi connectivity index (χ4n) is 1.45. The molecule has 0 saturated heterocycles. The third-order valence-electron chi connectivity index (χ3n) is 2.54. The number of hydrogen-bond donors (Lipinski definition) is 3. The number of carbonyl (C=O) groups excluding carboxylic acids is 3. The van der Waals surface area contributed by atoms with Gasteiger partial charge in [-0.1, -0.05) is 0 Å². The van der Waals surface area contributed by atoms with E-state index in [2.05, 4.69) is 10.6 Å². The lowest BCUT2D eigenvalue weighted by Crippen LogP contribution is -2.50. The highest BCUT2D eigenvalue weighted by Gasteiger charge is 2.24. The van der Waals surface area contributed by atoms with Crippen molar-refractivity contribution in [3.63, 3.8) is 0 Å². The van der Waals surface area contributed by atoms with Crippen molar-refractivity contribution in [3.8, 4) is 0 Å². The average Bonchev–Trinajstić information content (AvgIpc) is 2.43. The lowest BCUT2D eigenvalue weighted by molar-refractivity contribution is -0.146. The summed E-state index contributed by atoms with van der Waals surface area (Å²) in [5.74, 6) is -2.42. The Morgan fingerprint density at radius 3 is 2.14 bits per heavy atom. The lowest BCUT2D eigenvalue weighted by atomic mass is 10.1. The molecule has 0 aliphatic carbocycles. The molecular weight excluding hydrogens is 296 g/mol. The van der Waals surface area contributed by atoms with Gasteiger partial charge in [0.15, 0.2) is 0 Å². The van der Waals surface area contributed by atoms with E-state index in [1.54, 1.807) is 13.8 Å². The summed E-state index contributed by atoms with van der Waals surface area (Å²) in [6.45, 7) is 4.86. The Hall–Kier alpha value is -2.32. The maximum Gasteiger partial charge on any atom is 0.328 e. The predicted octanol–water partition coefficient (Wildman–Crippen LogP) is 0.0337. The van der Waals surface area contributed by atoms with E-state index in [0.717, 1.165) is 0 Å². The highest BCUT2D eigenvalue weighted by atomic mass is 16.5. The van der Waals surface area contributed by atoms with Crippen molar-refractivity contribution in [2.24, 2.45) is 0 Å². The van der Waals surface area contributed by atoms with Crippen LogP contribution in [0.5, 0.6) is 0 Å². The first kappa shape index (κ1) is 19.7. The van der Waals surface area contributed by atoms with Gasteiger partial charge in [-0.05, 0) is 27.2 Å². The number of nitrogens with one attached hydrogen (secondary N) is 2.